The highest BCUT2D eigenvalue weighted by atomic mass is 16.5. The molecule has 1 aliphatic heterocycles. The molecule has 0 N–H and O–H groups in total. The summed E-state index contributed by atoms with van der Waals surface area (Å²) in [5.41, 5.74) is 5.99. The maximum absolute atomic E-state index is 14.0. The Morgan fingerprint density at radius 1 is 0.921 bits per heavy atom. The van der Waals surface area contributed by atoms with Crippen molar-refractivity contribution in [1.29, 1.82) is 0 Å². The number of methoxy groups -OCH3 is 2. The summed E-state index contributed by atoms with van der Waals surface area (Å²) in [6, 6.07) is 23.7. The Morgan fingerprint density at radius 2 is 1.58 bits per heavy atom. The summed E-state index contributed by atoms with van der Waals surface area (Å²) in [7, 11) is 3.37. The van der Waals surface area contributed by atoms with Crippen LogP contribution in [0.5, 0.6) is 11.5 Å². The van der Waals surface area contributed by atoms with Crippen LogP contribution in [0.15, 0.2) is 83.5 Å². The third-order valence-corrected chi connectivity index (χ3v) is 7.63. The van der Waals surface area contributed by atoms with E-state index in [1.807, 2.05) is 48.5 Å². The van der Waals surface area contributed by atoms with Gasteiger partial charge in [-0.25, -0.2) is 5.01 Å². The third kappa shape index (κ3) is 4.85. The van der Waals surface area contributed by atoms with Crippen LogP contribution in [-0.4, -0.2) is 30.8 Å². The number of fused-ring (bicyclic) bond motifs is 1. The number of amides is 1. The van der Waals surface area contributed by atoms with Crippen molar-refractivity contribution in [2.24, 2.45) is 11.0 Å². The molecule has 2 unspecified atom stereocenters. The zero-order valence-electron chi connectivity index (χ0n) is 22.9. The summed E-state index contributed by atoms with van der Waals surface area (Å²) in [5, 5.41) is 6.76. The van der Waals surface area contributed by atoms with E-state index in [4.69, 9.17) is 14.6 Å². The van der Waals surface area contributed by atoms with Crippen molar-refractivity contribution in [2.75, 3.05) is 14.2 Å². The lowest BCUT2D eigenvalue weighted by molar-refractivity contribution is 0.0678. The molecule has 5 rings (SSSR count). The number of benzene rings is 3. The van der Waals surface area contributed by atoms with E-state index in [0.29, 0.717) is 5.56 Å². The Morgan fingerprint density at radius 3 is 2.26 bits per heavy atom. The van der Waals surface area contributed by atoms with Gasteiger partial charge >= 0.3 is 0 Å². The molecule has 2 aliphatic rings. The minimum absolute atomic E-state index is 0.0164. The highest BCUT2D eigenvalue weighted by Gasteiger charge is 2.45. The van der Waals surface area contributed by atoms with Crippen LogP contribution in [0.3, 0.4) is 0 Å². The Hall–Kier alpha value is -3.86. The number of hydrazone groups is 1. The van der Waals surface area contributed by atoms with Crippen LogP contribution in [0.1, 0.15) is 73.1 Å². The molecule has 196 valence electrons. The first-order valence-corrected chi connectivity index (χ1v) is 13.3. The number of para-hydroxylation sites is 2. The minimum Gasteiger partial charge on any atom is -0.496 e. The second-order valence-electron chi connectivity index (χ2n) is 11.1. The summed E-state index contributed by atoms with van der Waals surface area (Å²) < 4.78 is 11.4. The molecule has 1 fully saturated rings. The molecule has 1 saturated carbocycles. The fourth-order valence-electron chi connectivity index (χ4n) is 5.61. The van der Waals surface area contributed by atoms with Gasteiger partial charge in [-0.05, 0) is 66.2 Å². The number of carbonyl (C=O) groups is 1. The smallest absolute Gasteiger partial charge is 0.274 e. The largest absolute Gasteiger partial charge is 0.496 e. The van der Waals surface area contributed by atoms with Crippen molar-refractivity contribution >= 4 is 17.7 Å². The highest BCUT2D eigenvalue weighted by molar-refractivity contribution is 6.09. The Labute approximate surface area is 225 Å². The molecule has 0 saturated heterocycles. The fraction of sp³-hybridized carbons (Fsp3) is 0.333. The topological polar surface area (TPSA) is 51.1 Å². The van der Waals surface area contributed by atoms with Crippen molar-refractivity contribution in [3.8, 4) is 11.5 Å². The van der Waals surface area contributed by atoms with E-state index in [9.17, 15) is 4.79 Å². The maximum Gasteiger partial charge on any atom is 0.274 e. The molecule has 3 aromatic carbocycles. The van der Waals surface area contributed by atoms with Crippen molar-refractivity contribution in [1.82, 2.24) is 5.01 Å². The van der Waals surface area contributed by atoms with Crippen molar-refractivity contribution in [3.63, 3.8) is 0 Å². The van der Waals surface area contributed by atoms with Gasteiger partial charge in [-0.15, -0.1) is 0 Å². The molecule has 1 amide bonds. The monoisotopic (exact) mass is 508 g/mol. The predicted octanol–water partition coefficient (Wildman–Crippen LogP) is 7.44. The Balaban J connectivity index is 1.59. The van der Waals surface area contributed by atoms with Crippen molar-refractivity contribution < 1.29 is 14.3 Å². The van der Waals surface area contributed by atoms with Gasteiger partial charge in [0.15, 0.2) is 0 Å². The molecule has 0 bridgehead atoms. The van der Waals surface area contributed by atoms with Gasteiger partial charge in [-0.2, -0.15) is 5.10 Å². The number of hydrogen-bond donors (Lipinski definition) is 0. The Kier molecular flexibility index (Phi) is 7.11. The van der Waals surface area contributed by atoms with Crippen LogP contribution < -0.4 is 9.47 Å². The average molecular weight is 509 g/mol. The van der Waals surface area contributed by atoms with Gasteiger partial charge in [0.1, 0.15) is 11.5 Å². The minimum atomic E-state index is -0.239. The molecule has 0 aromatic heterocycles. The van der Waals surface area contributed by atoms with E-state index in [2.05, 4.69) is 51.1 Å². The molecular formula is C33H36N2O3. The lowest BCUT2D eigenvalue weighted by Crippen LogP contribution is -2.32. The standard InChI is InChI=1S/C33H36N2O3/c1-33(2,3)25-19-17-22(18-20-25)32(36)35-31(26-13-7-9-16-29(26)38-5)27-14-10-12-24(30(27)34-35)21-23-11-6-8-15-28(23)37-4/h6-9,11,13,15-21,27,31H,10,12,14H2,1-5H3. The first-order valence-electron chi connectivity index (χ1n) is 13.3. The summed E-state index contributed by atoms with van der Waals surface area (Å²) in [4.78, 5) is 14.0. The van der Waals surface area contributed by atoms with Crippen LogP contribution in [0, 0.1) is 5.92 Å². The van der Waals surface area contributed by atoms with Gasteiger partial charge in [-0.3, -0.25) is 4.79 Å². The molecular weight excluding hydrogens is 472 g/mol. The van der Waals surface area contributed by atoms with Crippen LogP contribution in [0.2, 0.25) is 0 Å². The van der Waals surface area contributed by atoms with E-state index in [1.54, 1.807) is 19.2 Å². The van der Waals surface area contributed by atoms with E-state index in [-0.39, 0.29) is 23.3 Å². The van der Waals surface area contributed by atoms with Crippen LogP contribution >= 0.6 is 0 Å². The van der Waals surface area contributed by atoms with Crippen molar-refractivity contribution in [3.05, 3.63) is 101 Å². The van der Waals surface area contributed by atoms with Gasteiger partial charge in [0.05, 0.1) is 26.0 Å². The first-order chi connectivity index (χ1) is 18.3. The lowest BCUT2D eigenvalue weighted by atomic mass is 9.77. The number of ether oxygens (including phenoxy) is 2. The van der Waals surface area contributed by atoms with Gasteiger partial charge in [0.25, 0.3) is 5.91 Å². The molecule has 38 heavy (non-hydrogen) atoms. The zero-order chi connectivity index (χ0) is 26.9. The lowest BCUT2D eigenvalue weighted by Gasteiger charge is -2.30. The molecule has 0 radical (unpaired) electrons. The third-order valence-electron chi connectivity index (χ3n) is 7.63. The van der Waals surface area contributed by atoms with Crippen LogP contribution in [-0.2, 0) is 5.41 Å². The molecule has 5 nitrogen and oxygen atoms in total. The molecule has 1 heterocycles. The van der Waals surface area contributed by atoms with E-state index >= 15 is 0 Å². The molecule has 1 aliphatic carbocycles. The van der Waals surface area contributed by atoms with Gasteiger partial charge < -0.3 is 9.47 Å². The summed E-state index contributed by atoms with van der Waals surface area (Å²) in [6.45, 7) is 6.52. The zero-order valence-corrected chi connectivity index (χ0v) is 22.9. The second kappa shape index (κ2) is 10.5. The summed E-state index contributed by atoms with van der Waals surface area (Å²) in [6.07, 6.45) is 5.07. The molecule has 3 aromatic rings. The van der Waals surface area contributed by atoms with E-state index in [0.717, 1.165) is 53.2 Å². The summed E-state index contributed by atoms with van der Waals surface area (Å²) in [5.74, 6) is 1.59. The quantitative estimate of drug-likeness (QED) is 0.360. The molecule has 5 heteroatoms. The number of hydrogen-bond acceptors (Lipinski definition) is 4. The highest BCUT2D eigenvalue weighted by Crippen LogP contribution is 2.47. The van der Waals surface area contributed by atoms with E-state index in [1.165, 1.54) is 5.56 Å². The van der Waals surface area contributed by atoms with E-state index < -0.39 is 0 Å². The predicted molar refractivity (Wildman–Crippen MR) is 153 cm³/mol. The molecule has 0 spiro atoms. The average Bonchev–Trinajstić information content (AvgIpc) is 3.33. The normalized spacial score (nSPS) is 20.2. The second-order valence-corrected chi connectivity index (χ2v) is 11.1. The van der Waals surface area contributed by atoms with Gasteiger partial charge in [0, 0.05) is 22.6 Å². The van der Waals surface area contributed by atoms with Gasteiger partial charge in [0.2, 0.25) is 0 Å². The van der Waals surface area contributed by atoms with Crippen molar-refractivity contribution in [2.45, 2.75) is 51.5 Å². The Bertz CT molecular complexity index is 1380. The first kappa shape index (κ1) is 25.8. The van der Waals surface area contributed by atoms with Crippen LogP contribution in [0.25, 0.3) is 6.08 Å². The SMILES string of the molecule is COc1ccccc1C=C1CCCC2C1=NN(C(=O)c1ccc(C(C)(C)C)cc1)C2c1ccccc1OC. The fourth-order valence-corrected chi connectivity index (χ4v) is 5.61. The number of allylic oxidation sites excluding steroid dienone is 1. The number of carbonyl (C=O) groups excluding carboxylic acids is 1. The number of rotatable bonds is 5. The summed E-state index contributed by atoms with van der Waals surface area (Å²) >= 11 is 0. The number of nitrogens with zero attached hydrogens (tertiary/aromatic N) is 2. The van der Waals surface area contributed by atoms with Gasteiger partial charge in [-0.1, -0.05) is 69.3 Å². The van der Waals surface area contributed by atoms with Crippen LogP contribution in [0.4, 0.5) is 0 Å². The maximum atomic E-state index is 14.0. The molecule has 2 atom stereocenters.